The lowest BCUT2D eigenvalue weighted by molar-refractivity contribution is -0.136. The number of hydrogen-bond donors (Lipinski definition) is 1. The molecule has 4 heteroatoms. The molecule has 1 aromatic heterocycles. The summed E-state index contributed by atoms with van der Waals surface area (Å²) < 4.78 is 0. The van der Waals surface area contributed by atoms with Crippen LogP contribution in [0.15, 0.2) is 24.4 Å². The third kappa shape index (κ3) is 3.74. The van der Waals surface area contributed by atoms with E-state index in [1.54, 1.807) is 18.3 Å². The van der Waals surface area contributed by atoms with Gasteiger partial charge in [-0.25, -0.2) is 4.98 Å². The lowest BCUT2D eigenvalue weighted by Crippen LogP contribution is -2.10. The molecule has 1 N–H and O–H groups in total. The molecule has 0 bridgehead atoms. The zero-order valence-corrected chi connectivity index (χ0v) is 11.5. The molecule has 0 spiro atoms. The molecule has 19 heavy (non-hydrogen) atoms. The highest BCUT2D eigenvalue weighted by Crippen LogP contribution is 2.20. The van der Waals surface area contributed by atoms with E-state index in [0.29, 0.717) is 0 Å². The maximum Gasteiger partial charge on any atom is 0.307 e. The molecule has 2 rings (SSSR count). The Morgan fingerprint density at radius 3 is 2.63 bits per heavy atom. The van der Waals surface area contributed by atoms with Crippen LogP contribution >= 0.6 is 0 Å². The van der Waals surface area contributed by atoms with E-state index in [1.165, 1.54) is 0 Å². The second-order valence-electron chi connectivity index (χ2n) is 5.99. The maximum atomic E-state index is 10.7. The van der Waals surface area contributed by atoms with Crippen molar-refractivity contribution in [2.75, 3.05) is 0 Å². The molecule has 0 fully saturated rings. The Balaban J connectivity index is 2.32. The summed E-state index contributed by atoms with van der Waals surface area (Å²) in [7, 11) is 0. The average Bonchev–Trinajstić information content (AvgIpc) is 2.26. The molecule has 0 aliphatic rings. The van der Waals surface area contributed by atoms with Gasteiger partial charge < -0.3 is 5.11 Å². The first-order chi connectivity index (χ1) is 8.83. The van der Waals surface area contributed by atoms with Crippen LogP contribution in [0.1, 0.15) is 32.0 Å². The van der Waals surface area contributed by atoms with Crippen molar-refractivity contribution in [3.05, 3.63) is 35.7 Å². The van der Waals surface area contributed by atoms with Crippen LogP contribution in [-0.2, 0) is 17.6 Å². The van der Waals surface area contributed by atoms with E-state index < -0.39 is 5.97 Å². The highest BCUT2D eigenvalue weighted by Gasteiger charge is 2.13. The van der Waals surface area contributed by atoms with Crippen molar-refractivity contribution in [1.82, 2.24) is 9.97 Å². The first kappa shape index (κ1) is 13.5. The number of benzene rings is 1. The van der Waals surface area contributed by atoms with E-state index in [-0.39, 0.29) is 11.8 Å². The van der Waals surface area contributed by atoms with Crippen molar-refractivity contribution in [3.63, 3.8) is 0 Å². The number of hydrogen-bond acceptors (Lipinski definition) is 3. The molecule has 0 saturated heterocycles. The van der Waals surface area contributed by atoms with E-state index >= 15 is 0 Å². The number of fused-ring (bicyclic) bond motifs is 1. The molecule has 0 saturated carbocycles. The SMILES string of the molecule is CC(C)(C)Cc1cnc2cc(CC(=O)O)ccc2n1. The fourth-order valence-corrected chi connectivity index (χ4v) is 2.01. The van der Waals surface area contributed by atoms with Gasteiger partial charge in [-0.05, 0) is 29.5 Å². The van der Waals surface area contributed by atoms with Gasteiger partial charge in [-0.15, -0.1) is 0 Å². The lowest BCUT2D eigenvalue weighted by Gasteiger charge is -2.17. The van der Waals surface area contributed by atoms with E-state index in [9.17, 15) is 4.79 Å². The molecular weight excluding hydrogens is 240 g/mol. The molecule has 0 aliphatic heterocycles. The molecule has 100 valence electrons. The molecule has 4 nitrogen and oxygen atoms in total. The van der Waals surface area contributed by atoms with E-state index in [4.69, 9.17) is 5.11 Å². The van der Waals surface area contributed by atoms with Gasteiger partial charge in [0.1, 0.15) is 0 Å². The van der Waals surface area contributed by atoms with Crippen LogP contribution in [0.3, 0.4) is 0 Å². The van der Waals surface area contributed by atoms with Crippen molar-refractivity contribution in [2.45, 2.75) is 33.6 Å². The number of rotatable bonds is 3. The number of aromatic nitrogens is 2. The van der Waals surface area contributed by atoms with E-state index in [0.717, 1.165) is 28.7 Å². The number of aliphatic carboxylic acids is 1. The third-order valence-corrected chi connectivity index (χ3v) is 2.72. The van der Waals surface area contributed by atoms with Crippen LogP contribution in [0.2, 0.25) is 0 Å². The Morgan fingerprint density at radius 1 is 1.26 bits per heavy atom. The van der Waals surface area contributed by atoms with Crippen LogP contribution in [-0.4, -0.2) is 21.0 Å². The second kappa shape index (κ2) is 4.96. The van der Waals surface area contributed by atoms with Crippen molar-refractivity contribution in [2.24, 2.45) is 5.41 Å². The Hall–Kier alpha value is -1.97. The van der Waals surface area contributed by atoms with Crippen LogP contribution in [0.25, 0.3) is 11.0 Å². The molecule has 0 aliphatic carbocycles. The van der Waals surface area contributed by atoms with Gasteiger partial charge in [0.15, 0.2) is 0 Å². The minimum absolute atomic E-state index is 0.0152. The summed E-state index contributed by atoms with van der Waals surface area (Å²) in [5.41, 5.74) is 3.45. The second-order valence-corrected chi connectivity index (χ2v) is 5.99. The standard InChI is InChI=1S/C15H18N2O2/c1-15(2,3)8-11-9-16-13-6-10(7-14(18)19)4-5-12(13)17-11/h4-6,9H,7-8H2,1-3H3,(H,18,19). The van der Waals surface area contributed by atoms with Crippen molar-refractivity contribution < 1.29 is 9.90 Å². The lowest BCUT2D eigenvalue weighted by atomic mass is 9.91. The van der Waals surface area contributed by atoms with Gasteiger partial charge in [-0.1, -0.05) is 26.8 Å². The van der Waals surface area contributed by atoms with Gasteiger partial charge in [0.05, 0.1) is 23.1 Å². The highest BCUT2D eigenvalue weighted by atomic mass is 16.4. The van der Waals surface area contributed by atoms with Gasteiger partial charge in [-0.2, -0.15) is 0 Å². The van der Waals surface area contributed by atoms with E-state index in [2.05, 4.69) is 30.7 Å². The molecule has 0 atom stereocenters. The number of carboxylic acids is 1. The topological polar surface area (TPSA) is 63.1 Å². The average molecular weight is 258 g/mol. The van der Waals surface area contributed by atoms with Crippen molar-refractivity contribution >= 4 is 17.0 Å². The monoisotopic (exact) mass is 258 g/mol. The molecule has 1 aromatic carbocycles. The van der Waals surface area contributed by atoms with Crippen molar-refractivity contribution in [1.29, 1.82) is 0 Å². The summed E-state index contributed by atoms with van der Waals surface area (Å²) >= 11 is 0. The minimum Gasteiger partial charge on any atom is -0.481 e. The fourth-order valence-electron chi connectivity index (χ4n) is 2.01. The zero-order valence-electron chi connectivity index (χ0n) is 11.5. The van der Waals surface area contributed by atoms with Gasteiger partial charge in [0.25, 0.3) is 0 Å². The maximum absolute atomic E-state index is 10.7. The van der Waals surface area contributed by atoms with Crippen LogP contribution in [0.4, 0.5) is 0 Å². The Kier molecular flexibility index (Phi) is 3.51. The Labute approximate surface area is 112 Å². The highest BCUT2D eigenvalue weighted by molar-refractivity contribution is 5.77. The molecular formula is C15H18N2O2. The molecule has 0 radical (unpaired) electrons. The van der Waals surface area contributed by atoms with Crippen LogP contribution in [0, 0.1) is 5.41 Å². The molecule has 2 aromatic rings. The third-order valence-electron chi connectivity index (χ3n) is 2.72. The first-order valence-electron chi connectivity index (χ1n) is 6.30. The largest absolute Gasteiger partial charge is 0.481 e. The minimum atomic E-state index is -0.836. The number of carboxylic acid groups (broad SMARTS) is 1. The summed E-state index contributed by atoms with van der Waals surface area (Å²) in [6.07, 6.45) is 2.66. The predicted molar refractivity (Wildman–Crippen MR) is 74.0 cm³/mol. The number of nitrogens with zero attached hydrogens (tertiary/aromatic N) is 2. The molecule has 1 heterocycles. The van der Waals surface area contributed by atoms with Gasteiger partial charge >= 0.3 is 5.97 Å². The van der Waals surface area contributed by atoms with Crippen LogP contribution < -0.4 is 0 Å². The summed E-state index contributed by atoms with van der Waals surface area (Å²) in [6, 6.07) is 5.43. The Bertz CT molecular complexity index is 615. The van der Waals surface area contributed by atoms with E-state index in [1.807, 2.05) is 6.07 Å². The summed E-state index contributed by atoms with van der Waals surface area (Å²) in [5.74, 6) is -0.836. The summed E-state index contributed by atoms with van der Waals surface area (Å²) in [6.45, 7) is 6.48. The quantitative estimate of drug-likeness (QED) is 0.919. The van der Waals surface area contributed by atoms with Crippen molar-refractivity contribution in [3.8, 4) is 0 Å². The van der Waals surface area contributed by atoms with Gasteiger partial charge in [0, 0.05) is 6.20 Å². The zero-order chi connectivity index (χ0) is 14.0. The molecule has 0 amide bonds. The van der Waals surface area contributed by atoms with Gasteiger partial charge in [0.2, 0.25) is 0 Å². The Morgan fingerprint density at radius 2 is 2.00 bits per heavy atom. The number of carbonyl (C=O) groups is 1. The first-order valence-corrected chi connectivity index (χ1v) is 6.30. The van der Waals surface area contributed by atoms with Crippen LogP contribution in [0.5, 0.6) is 0 Å². The summed E-state index contributed by atoms with van der Waals surface area (Å²) in [4.78, 5) is 19.6. The summed E-state index contributed by atoms with van der Waals surface area (Å²) in [5, 5.41) is 8.77. The molecule has 0 unspecified atom stereocenters. The van der Waals surface area contributed by atoms with Gasteiger partial charge in [-0.3, -0.25) is 9.78 Å². The fraction of sp³-hybridized carbons (Fsp3) is 0.400. The smallest absolute Gasteiger partial charge is 0.307 e. The normalized spacial score (nSPS) is 11.7. The predicted octanol–water partition coefficient (Wildman–Crippen LogP) is 2.85.